The smallest absolute Gasteiger partial charge is 0.339 e. The third-order valence-corrected chi connectivity index (χ3v) is 5.07. The highest BCUT2D eigenvalue weighted by Crippen LogP contribution is 2.22. The number of rotatable bonds is 9. The first-order chi connectivity index (χ1) is 14.7. The second kappa shape index (κ2) is 10.6. The molecule has 0 radical (unpaired) electrons. The van der Waals surface area contributed by atoms with Crippen molar-refractivity contribution in [3.8, 4) is 0 Å². The summed E-state index contributed by atoms with van der Waals surface area (Å²) in [4.78, 5) is 54.4. The zero-order valence-electron chi connectivity index (χ0n) is 18.6. The largest absolute Gasteiger partial charge is 0.465 e. The highest BCUT2D eigenvalue weighted by molar-refractivity contribution is 6.02. The van der Waals surface area contributed by atoms with E-state index in [2.05, 4.69) is 10.3 Å². The highest BCUT2D eigenvalue weighted by atomic mass is 16.5. The van der Waals surface area contributed by atoms with E-state index >= 15 is 0 Å². The topological polar surface area (TPSA) is 109 Å². The molecule has 31 heavy (non-hydrogen) atoms. The summed E-state index contributed by atoms with van der Waals surface area (Å²) in [5, 5.41) is 2.81. The lowest BCUT2D eigenvalue weighted by Crippen LogP contribution is -2.46. The Kier molecular flexibility index (Phi) is 8.13. The lowest BCUT2D eigenvalue weighted by atomic mass is 10.1. The van der Waals surface area contributed by atoms with Crippen LogP contribution in [0.2, 0.25) is 0 Å². The number of nitrogens with one attached hydrogen (secondary N) is 2. The van der Waals surface area contributed by atoms with Crippen LogP contribution < -0.4 is 5.32 Å². The van der Waals surface area contributed by atoms with Gasteiger partial charge in [-0.25, -0.2) is 4.79 Å². The first-order valence-corrected chi connectivity index (χ1v) is 10.2. The minimum absolute atomic E-state index is 0.165. The number of amides is 2. The average molecular weight is 428 g/mol. The molecule has 2 aromatic rings. The molecule has 0 saturated heterocycles. The summed E-state index contributed by atoms with van der Waals surface area (Å²) in [6.07, 6.45) is 0.489. The molecule has 0 fully saturated rings. The Morgan fingerprint density at radius 1 is 1.16 bits per heavy atom. The molecule has 8 nitrogen and oxygen atoms in total. The molecule has 0 spiro atoms. The number of esters is 1. The standard InChI is InChI=1S/C23H29N3O5/c1-6-12-26(15(3)22(29)24-17-10-8-7-9-11-17)19(28)13-18-20(23(30)31-5)14(2)21(25-18)16(4)27/h7-11,15,25H,6,12-13H2,1-5H3,(H,24,29). The number of aromatic amines is 1. The minimum Gasteiger partial charge on any atom is -0.465 e. The molecule has 1 aromatic heterocycles. The maximum absolute atomic E-state index is 13.1. The van der Waals surface area contributed by atoms with Gasteiger partial charge in [-0.3, -0.25) is 14.4 Å². The Bertz CT molecular complexity index is 965. The molecule has 0 saturated carbocycles. The molecule has 2 amide bonds. The van der Waals surface area contributed by atoms with Crippen LogP contribution in [0.15, 0.2) is 30.3 Å². The maximum Gasteiger partial charge on any atom is 0.339 e. The van der Waals surface area contributed by atoms with Crippen molar-refractivity contribution in [1.82, 2.24) is 9.88 Å². The summed E-state index contributed by atoms with van der Waals surface area (Å²) in [5.74, 6) is -1.52. The second-order valence-corrected chi connectivity index (χ2v) is 7.32. The predicted molar refractivity (Wildman–Crippen MR) is 117 cm³/mol. The fourth-order valence-corrected chi connectivity index (χ4v) is 3.46. The van der Waals surface area contributed by atoms with Crippen LogP contribution in [0.5, 0.6) is 0 Å². The predicted octanol–water partition coefficient (Wildman–Crippen LogP) is 3.12. The summed E-state index contributed by atoms with van der Waals surface area (Å²) >= 11 is 0. The summed E-state index contributed by atoms with van der Waals surface area (Å²) in [7, 11) is 1.24. The van der Waals surface area contributed by atoms with Gasteiger partial charge in [0.1, 0.15) is 6.04 Å². The number of ketones is 1. The number of benzene rings is 1. The van der Waals surface area contributed by atoms with Crippen molar-refractivity contribution < 1.29 is 23.9 Å². The zero-order chi connectivity index (χ0) is 23.1. The van der Waals surface area contributed by atoms with E-state index in [1.807, 2.05) is 25.1 Å². The van der Waals surface area contributed by atoms with Gasteiger partial charge in [0.15, 0.2) is 5.78 Å². The van der Waals surface area contributed by atoms with E-state index < -0.39 is 12.0 Å². The number of para-hydroxylation sites is 1. The Morgan fingerprint density at radius 3 is 2.35 bits per heavy atom. The molecule has 0 aliphatic carbocycles. The van der Waals surface area contributed by atoms with Crippen LogP contribution in [0.4, 0.5) is 5.69 Å². The number of H-pyrrole nitrogens is 1. The van der Waals surface area contributed by atoms with Crippen LogP contribution in [0.3, 0.4) is 0 Å². The lowest BCUT2D eigenvalue weighted by molar-refractivity contribution is -0.137. The Morgan fingerprint density at radius 2 is 1.81 bits per heavy atom. The van der Waals surface area contributed by atoms with Gasteiger partial charge in [-0.2, -0.15) is 0 Å². The van der Waals surface area contributed by atoms with Gasteiger partial charge in [0.2, 0.25) is 11.8 Å². The average Bonchev–Trinajstić information content (AvgIpc) is 3.07. The first kappa shape index (κ1) is 23.9. The fraction of sp³-hybridized carbons (Fsp3) is 0.391. The number of nitrogens with zero attached hydrogens (tertiary/aromatic N) is 1. The Balaban J connectivity index is 2.27. The van der Waals surface area contributed by atoms with Crippen molar-refractivity contribution in [2.45, 2.75) is 46.6 Å². The molecular weight excluding hydrogens is 398 g/mol. The van der Waals surface area contributed by atoms with E-state index in [4.69, 9.17) is 4.74 Å². The normalized spacial score (nSPS) is 11.5. The van der Waals surface area contributed by atoms with E-state index in [9.17, 15) is 19.2 Å². The van der Waals surface area contributed by atoms with E-state index in [0.29, 0.717) is 29.9 Å². The zero-order valence-corrected chi connectivity index (χ0v) is 18.6. The second-order valence-electron chi connectivity index (χ2n) is 7.32. The van der Waals surface area contributed by atoms with E-state index in [1.54, 1.807) is 26.0 Å². The van der Waals surface area contributed by atoms with Crippen LogP contribution in [0.1, 0.15) is 59.3 Å². The van der Waals surface area contributed by atoms with Crippen LogP contribution in [0, 0.1) is 6.92 Å². The number of carbonyl (C=O) groups is 4. The molecule has 0 bridgehead atoms. The fourth-order valence-electron chi connectivity index (χ4n) is 3.46. The molecule has 2 N–H and O–H groups in total. The van der Waals surface area contributed by atoms with Gasteiger partial charge >= 0.3 is 5.97 Å². The quantitative estimate of drug-likeness (QED) is 0.472. The summed E-state index contributed by atoms with van der Waals surface area (Å²) in [6.45, 7) is 6.95. The van der Waals surface area contributed by atoms with Gasteiger partial charge in [0, 0.05) is 24.8 Å². The van der Waals surface area contributed by atoms with Gasteiger partial charge in [0.25, 0.3) is 0 Å². The van der Waals surface area contributed by atoms with Crippen molar-refractivity contribution in [2.24, 2.45) is 0 Å². The molecule has 1 heterocycles. The van der Waals surface area contributed by atoms with Crippen molar-refractivity contribution >= 4 is 29.3 Å². The maximum atomic E-state index is 13.1. The SMILES string of the molecule is CCCN(C(=O)Cc1[nH]c(C(C)=O)c(C)c1C(=O)OC)C(C)C(=O)Nc1ccccc1. The Labute approximate surface area is 182 Å². The molecule has 1 aromatic carbocycles. The number of hydrogen-bond acceptors (Lipinski definition) is 5. The third-order valence-electron chi connectivity index (χ3n) is 5.07. The lowest BCUT2D eigenvalue weighted by Gasteiger charge is -2.28. The number of methoxy groups -OCH3 is 1. The number of ether oxygens (including phenoxy) is 1. The number of aromatic nitrogens is 1. The van der Waals surface area contributed by atoms with Gasteiger partial charge in [0.05, 0.1) is 24.8 Å². The number of anilines is 1. The third kappa shape index (κ3) is 5.59. The van der Waals surface area contributed by atoms with E-state index in [1.165, 1.54) is 18.9 Å². The molecule has 1 unspecified atom stereocenters. The van der Waals surface area contributed by atoms with Gasteiger partial charge in [-0.15, -0.1) is 0 Å². The van der Waals surface area contributed by atoms with Crippen LogP contribution in [-0.4, -0.2) is 53.1 Å². The van der Waals surface area contributed by atoms with Crippen molar-refractivity contribution in [1.29, 1.82) is 0 Å². The Hall–Kier alpha value is -3.42. The van der Waals surface area contributed by atoms with Crippen LogP contribution >= 0.6 is 0 Å². The summed E-state index contributed by atoms with van der Waals surface area (Å²) < 4.78 is 4.83. The van der Waals surface area contributed by atoms with Crippen molar-refractivity contribution in [3.63, 3.8) is 0 Å². The van der Waals surface area contributed by atoms with Crippen LogP contribution in [0.25, 0.3) is 0 Å². The first-order valence-electron chi connectivity index (χ1n) is 10.2. The molecular formula is C23H29N3O5. The van der Waals surface area contributed by atoms with Crippen molar-refractivity contribution in [2.75, 3.05) is 19.0 Å². The molecule has 0 aliphatic heterocycles. The van der Waals surface area contributed by atoms with Gasteiger partial charge < -0.3 is 19.9 Å². The van der Waals surface area contributed by atoms with Gasteiger partial charge in [-0.1, -0.05) is 25.1 Å². The molecule has 0 aliphatic rings. The molecule has 2 rings (SSSR count). The summed E-state index contributed by atoms with van der Waals surface area (Å²) in [6, 6.07) is 8.28. The number of carbonyl (C=O) groups excluding carboxylic acids is 4. The molecule has 8 heteroatoms. The monoisotopic (exact) mass is 427 g/mol. The van der Waals surface area contributed by atoms with Crippen LogP contribution in [-0.2, 0) is 20.7 Å². The van der Waals surface area contributed by atoms with Gasteiger partial charge in [-0.05, 0) is 38.0 Å². The highest BCUT2D eigenvalue weighted by Gasteiger charge is 2.29. The summed E-state index contributed by atoms with van der Waals surface area (Å²) in [5.41, 5.74) is 1.83. The number of hydrogen-bond donors (Lipinski definition) is 2. The molecule has 1 atom stereocenters. The minimum atomic E-state index is -0.724. The van der Waals surface area contributed by atoms with E-state index in [-0.39, 0.29) is 35.3 Å². The van der Waals surface area contributed by atoms with Crippen molar-refractivity contribution in [3.05, 3.63) is 52.8 Å². The van der Waals surface area contributed by atoms with E-state index in [0.717, 1.165) is 0 Å². The molecule has 166 valence electrons. The number of Topliss-reactive ketones (excluding diaryl/α,β-unsaturated/α-hetero) is 1.